The molecule has 0 saturated heterocycles. The van der Waals surface area contributed by atoms with E-state index in [1.807, 2.05) is 37.3 Å². The molecule has 1 N–H and O–H groups in total. The van der Waals surface area contributed by atoms with Crippen molar-refractivity contribution in [3.63, 3.8) is 0 Å². The molecule has 0 unspecified atom stereocenters. The maximum absolute atomic E-state index is 10.6. The predicted molar refractivity (Wildman–Crippen MR) is 105 cm³/mol. The monoisotopic (exact) mass is 362 g/mol. The molecule has 0 fully saturated rings. The third-order valence-electron chi connectivity index (χ3n) is 4.29. The van der Waals surface area contributed by atoms with Gasteiger partial charge in [0, 0.05) is 0 Å². The van der Waals surface area contributed by atoms with Gasteiger partial charge in [-0.2, -0.15) is 0 Å². The molecule has 0 spiro atoms. The van der Waals surface area contributed by atoms with Gasteiger partial charge in [0.15, 0.2) is 6.61 Å². The molecular formula is C23H22O4. The SMILES string of the molecule is Cc1cc(OCc2cccc(-c3ccccc3C)c2)ccc1OCC(=O)O. The van der Waals surface area contributed by atoms with E-state index in [9.17, 15) is 4.79 Å². The second-order valence-electron chi connectivity index (χ2n) is 6.41. The molecule has 0 aromatic heterocycles. The first-order chi connectivity index (χ1) is 13.0. The maximum Gasteiger partial charge on any atom is 0.341 e. The Kier molecular flexibility index (Phi) is 5.77. The van der Waals surface area contributed by atoms with Crippen molar-refractivity contribution in [3.8, 4) is 22.6 Å². The molecule has 0 aliphatic heterocycles. The maximum atomic E-state index is 10.6. The summed E-state index contributed by atoms with van der Waals surface area (Å²) in [5.41, 5.74) is 5.54. The molecule has 0 aliphatic rings. The van der Waals surface area contributed by atoms with Crippen molar-refractivity contribution in [2.75, 3.05) is 6.61 Å². The van der Waals surface area contributed by atoms with Crippen molar-refractivity contribution in [1.29, 1.82) is 0 Å². The Morgan fingerprint density at radius 3 is 2.44 bits per heavy atom. The Morgan fingerprint density at radius 1 is 0.889 bits per heavy atom. The van der Waals surface area contributed by atoms with E-state index in [1.54, 1.807) is 12.1 Å². The summed E-state index contributed by atoms with van der Waals surface area (Å²) in [7, 11) is 0. The lowest BCUT2D eigenvalue weighted by atomic mass is 9.99. The van der Waals surface area contributed by atoms with Gasteiger partial charge in [-0.25, -0.2) is 4.79 Å². The molecule has 4 heteroatoms. The van der Waals surface area contributed by atoms with Gasteiger partial charge >= 0.3 is 5.97 Å². The van der Waals surface area contributed by atoms with Gasteiger partial charge in [-0.1, -0.05) is 42.5 Å². The lowest BCUT2D eigenvalue weighted by molar-refractivity contribution is -0.139. The Hall–Kier alpha value is -3.27. The normalized spacial score (nSPS) is 10.4. The standard InChI is InChI=1S/C23H22O4/c1-16-6-3-4-9-21(16)19-8-5-7-18(13-19)14-26-20-10-11-22(17(2)12-20)27-15-23(24)25/h3-13H,14-15H2,1-2H3,(H,24,25). The fraction of sp³-hybridized carbons (Fsp3) is 0.174. The molecule has 138 valence electrons. The fourth-order valence-corrected chi connectivity index (χ4v) is 2.91. The number of carboxylic acid groups (broad SMARTS) is 1. The number of benzene rings is 3. The molecule has 0 radical (unpaired) electrons. The lowest BCUT2D eigenvalue weighted by Gasteiger charge is -2.12. The van der Waals surface area contributed by atoms with Crippen LogP contribution in [0, 0.1) is 13.8 Å². The number of aliphatic carboxylic acids is 1. The van der Waals surface area contributed by atoms with E-state index in [4.69, 9.17) is 14.6 Å². The van der Waals surface area contributed by atoms with Crippen LogP contribution in [-0.2, 0) is 11.4 Å². The van der Waals surface area contributed by atoms with Crippen LogP contribution in [0.1, 0.15) is 16.7 Å². The van der Waals surface area contributed by atoms with Crippen LogP contribution in [-0.4, -0.2) is 17.7 Å². The molecular weight excluding hydrogens is 340 g/mol. The third kappa shape index (κ3) is 4.88. The highest BCUT2D eigenvalue weighted by Gasteiger charge is 2.06. The van der Waals surface area contributed by atoms with Gasteiger partial charge < -0.3 is 14.6 Å². The zero-order chi connectivity index (χ0) is 19.2. The largest absolute Gasteiger partial charge is 0.489 e. The molecule has 3 rings (SSSR count). The molecule has 27 heavy (non-hydrogen) atoms. The van der Waals surface area contributed by atoms with Gasteiger partial charge in [0.05, 0.1) is 0 Å². The van der Waals surface area contributed by atoms with Crippen LogP contribution in [0.15, 0.2) is 66.7 Å². The topological polar surface area (TPSA) is 55.8 Å². The summed E-state index contributed by atoms with van der Waals surface area (Å²) in [5, 5.41) is 8.70. The summed E-state index contributed by atoms with van der Waals surface area (Å²) >= 11 is 0. The Bertz CT molecular complexity index is 947. The summed E-state index contributed by atoms with van der Waals surface area (Å²) in [6.45, 7) is 4.07. The minimum atomic E-state index is -0.997. The van der Waals surface area contributed by atoms with Gasteiger partial charge in [-0.05, 0) is 65.9 Å². The molecule has 0 aliphatic carbocycles. The van der Waals surface area contributed by atoms with Crippen LogP contribution >= 0.6 is 0 Å². The first kappa shape index (κ1) is 18.5. The second-order valence-corrected chi connectivity index (χ2v) is 6.41. The summed E-state index contributed by atoms with van der Waals surface area (Å²) in [4.78, 5) is 10.6. The van der Waals surface area contributed by atoms with Crippen LogP contribution in [0.25, 0.3) is 11.1 Å². The van der Waals surface area contributed by atoms with Crippen LogP contribution in [0.2, 0.25) is 0 Å². The highest BCUT2D eigenvalue weighted by atomic mass is 16.5. The van der Waals surface area contributed by atoms with Crippen LogP contribution in [0.4, 0.5) is 0 Å². The number of carbonyl (C=O) groups is 1. The van der Waals surface area contributed by atoms with E-state index in [-0.39, 0.29) is 6.61 Å². The van der Waals surface area contributed by atoms with E-state index >= 15 is 0 Å². The van der Waals surface area contributed by atoms with Crippen molar-refractivity contribution in [2.24, 2.45) is 0 Å². The number of rotatable bonds is 7. The Labute approximate surface area is 159 Å². The summed E-state index contributed by atoms with van der Waals surface area (Å²) in [6.07, 6.45) is 0. The molecule has 3 aromatic carbocycles. The van der Waals surface area contributed by atoms with Gasteiger partial charge in [0.1, 0.15) is 18.1 Å². The number of hydrogen-bond donors (Lipinski definition) is 1. The zero-order valence-corrected chi connectivity index (χ0v) is 15.4. The van der Waals surface area contributed by atoms with Crippen LogP contribution in [0.5, 0.6) is 11.5 Å². The first-order valence-corrected chi connectivity index (χ1v) is 8.76. The number of hydrogen-bond acceptors (Lipinski definition) is 3. The minimum Gasteiger partial charge on any atom is -0.489 e. The van der Waals surface area contributed by atoms with E-state index in [1.165, 1.54) is 16.7 Å². The molecule has 0 bridgehead atoms. The second kappa shape index (κ2) is 8.41. The lowest BCUT2D eigenvalue weighted by Crippen LogP contribution is -2.10. The Morgan fingerprint density at radius 2 is 1.70 bits per heavy atom. The third-order valence-corrected chi connectivity index (χ3v) is 4.29. The van der Waals surface area contributed by atoms with Gasteiger partial charge in [0.2, 0.25) is 0 Å². The highest BCUT2D eigenvalue weighted by molar-refractivity contribution is 5.68. The average Bonchev–Trinajstić information content (AvgIpc) is 2.66. The highest BCUT2D eigenvalue weighted by Crippen LogP contribution is 2.26. The molecule has 0 amide bonds. The average molecular weight is 362 g/mol. The van der Waals surface area contributed by atoms with Crippen molar-refractivity contribution >= 4 is 5.97 Å². The minimum absolute atomic E-state index is 0.354. The zero-order valence-electron chi connectivity index (χ0n) is 15.4. The molecule has 3 aromatic rings. The van der Waals surface area contributed by atoms with E-state index in [0.29, 0.717) is 12.4 Å². The quantitative estimate of drug-likeness (QED) is 0.642. The van der Waals surface area contributed by atoms with Gasteiger partial charge in [-0.15, -0.1) is 0 Å². The van der Waals surface area contributed by atoms with E-state index in [2.05, 4.69) is 31.2 Å². The summed E-state index contributed by atoms with van der Waals surface area (Å²) in [5.74, 6) is 0.269. The van der Waals surface area contributed by atoms with Crippen LogP contribution < -0.4 is 9.47 Å². The Balaban J connectivity index is 1.68. The summed E-state index contributed by atoms with van der Waals surface area (Å²) in [6, 6.07) is 22.0. The molecule has 0 atom stereocenters. The molecule has 4 nitrogen and oxygen atoms in total. The van der Waals surface area contributed by atoms with E-state index < -0.39 is 5.97 Å². The van der Waals surface area contributed by atoms with Gasteiger partial charge in [-0.3, -0.25) is 0 Å². The first-order valence-electron chi connectivity index (χ1n) is 8.76. The number of carboxylic acids is 1. The molecule has 0 heterocycles. The van der Waals surface area contributed by atoms with Crippen molar-refractivity contribution in [1.82, 2.24) is 0 Å². The molecule has 0 saturated carbocycles. The number of ether oxygens (including phenoxy) is 2. The van der Waals surface area contributed by atoms with Crippen LogP contribution in [0.3, 0.4) is 0 Å². The van der Waals surface area contributed by atoms with Gasteiger partial charge in [0.25, 0.3) is 0 Å². The summed E-state index contributed by atoms with van der Waals surface area (Å²) < 4.78 is 11.1. The predicted octanol–water partition coefficient (Wildman–Crippen LogP) is 5.01. The van der Waals surface area contributed by atoms with E-state index in [0.717, 1.165) is 16.9 Å². The number of aryl methyl sites for hydroxylation is 2. The fourth-order valence-electron chi connectivity index (χ4n) is 2.91. The van der Waals surface area contributed by atoms with Crippen molar-refractivity contribution in [3.05, 3.63) is 83.4 Å². The smallest absolute Gasteiger partial charge is 0.341 e. The van der Waals surface area contributed by atoms with Crippen molar-refractivity contribution in [2.45, 2.75) is 20.5 Å². The van der Waals surface area contributed by atoms with Crippen molar-refractivity contribution < 1.29 is 19.4 Å².